The van der Waals surface area contributed by atoms with Gasteiger partial charge in [-0.05, 0) is 70.6 Å². The predicted octanol–water partition coefficient (Wildman–Crippen LogP) is 13.9. The van der Waals surface area contributed by atoms with Crippen molar-refractivity contribution in [2.24, 2.45) is 0 Å². The van der Waals surface area contributed by atoms with Crippen LogP contribution in [0.1, 0.15) is 194 Å². The molecule has 0 aromatic rings. The summed E-state index contributed by atoms with van der Waals surface area (Å²) in [7, 11) is 0. The third-order valence-electron chi connectivity index (χ3n) is 8.98. The number of esters is 3. The van der Waals surface area contributed by atoms with Gasteiger partial charge in [0.1, 0.15) is 13.2 Å². The van der Waals surface area contributed by atoms with Gasteiger partial charge in [0.2, 0.25) is 0 Å². The number of hydrogen-bond acceptors (Lipinski definition) is 6. The van der Waals surface area contributed by atoms with E-state index in [9.17, 15) is 14.4 Å². The van der Waals surface area contributed by atoms with Crippen LogP contribution in [0.15, 0.2) is 72.9 Å². The molecule has 0 N–H and O–H groups in total. The highest BCUT2D eigenvalue weighted by Crippen LogP contribution is 2.12. The molecule has 0 saturated heterocycles. The lowest BCUT2D eigenvalue weighted by Gasteiger charge is -2.18. The Kier molecular flexibility index (Phi) is 40.1. The molecule has 0 saturated carbocycles. The van der Waals surface area contributed by atoms with Gasteiger partial charge in [-0.2, -0.15) is 0 Å². The molecule has 0 fully saturated rings. The maximum atomic E-state index is 12.6. The largest absolute Gasteiger partial charge is 0.462 e. The molecule has 54 heavy (non-hydrogen) atoms. The summed E-state index contributed by atoms with van der Waals surface area (Å²) >= 11 is 0. The Balaban J connectivity index is 4.31. The molecule has 0 aromatic heterocycles. The number of rotatable bonds is 38. The van der Waals surface area contributed by atoms with Crippen LogP contribution in [0.4, 0.5) is 0 Å². The highest BCUT2D eigenvalue weighted by atomic mass is 16.6. The normalized spacial score (nSPS) is 12.7. The summed E-state index contributed by atoms with van der Waals surface area (Å²) in [6, 6.07) is 0. The molecule has 6 heteroatoms. The van der Waals surface area contributed by atoms with Gasteiger partial charge in [-0.15, -0.1) is 0 Å². The van der Waals surface area contributed by atoms with Gasteiger partial charge >= 0.3 is 17.9 Å². The summed E-state index contributed by atoms with van der Waals surface area (Å²) in [5.74, 6) is -0.953. The first kappa shape index (κ1) is 50.9. The van der Waals surface area contributed by atoms with Gasteiger partial charge < -0.3 is 14.2 Å². The fraction of sp³-hybridized carbons (Fsp3) is 0.688. The van der Waals surface area contributed by atoms with Crippen molar-refractivity contribution in [1.82, 2.24) is 0 Å². The van der Waals surface area contributed by atoms with Crippen molar-refractivity contribution in [3.05, 3.63) is 72.9 Å². The lowest BCUT2D eigenvalue weighted by Crippen LogP contribution is -2.30. The zero-order valence-corrected chi connectivity index (χ0v) is 35.0. The van der Waals surface area contributed by atoms with Gasteiger partial charge in [0.25, 0.3) is 0 Å². The SMILES string of the molecule is CC/C=C\C/C=C\C/C=C\C/C=C\C/C=C\C/C=C\CCCCC(=O)OCC(COC(=O)CCCCCCCCC)OC(=O)CCCCCCCCCC. The number of carbonyl (C=O) groups is 3. The first-order valence-electron chi connectivity index (χ1n) is 21.9. The van der Waals surface area contributed by atoms with E-state index < -0.39 is 6.10 Å². The van der Waals surface area contributed by atoms with Gasteiger partial charge in [-0.25, -0.2) is 0 Å². The van der Waals surface area contributed by atoms with E-state index in [-0.39, 0.29) is 31.1 Å². The maximum absolute atomic E-state index is 12.6. The van der Waals surface area contributed by atoms with Crippen molar-refractivity contribution in [3.63, 3.8) is 0 Å². The van der Waals surface area contributed by atoms with Crippen molar-refractivity contribution < 1.29 is 28.6 Å². The Labute approximate surface area is 332 Å². The Morgan fingerprint density at radius 2 is 0.722 bits per heavy atom. The van der Waals surface area contributed by atoms with E-state index in [2.05, 4.69) is 93.7 Å². The summed E-state index contributed by atoms with van der Waals surface area (Å²) in [4.78, 5) is 37.4. The molecule has 0 radical (unpaired) electrons. The van der Waals surface area contributed by atoms with Crippen LogP contribution < -0.4 is 0 Å². The molecule has 6 nitrogen and oxygen atoms in total. The molecule has 0 aliphatic rings. The molecule has 0 aromatic carbocycles. The number of allylic oxidation sites excluding steroid dienone is 12. The smallest absolute Gasteiger partial charge is 0.306 e. The Bertz CT molecular complexity index is 1050. The van der Waals surface area contributed by atoms with Crippen molar-refractivity contribution in [1.29, 1.82) is 0 Å². The molecule has 1 atom stereocenters. The van der Waals surface area contributed by atoms with Gasteiger partial charge in [0.15, 0.2) is 6.10 Å². The van der Waals surface area contributed by atoms with Crippen LogP contribution >= 0.6 is 0 Å². The topological polar surface area (TPSA) is 78.9 Å². The van der Waals surface area contributed by atoms with Crippen LogP contribution in [0, 0.1) is 0 Å². The second-order valence-corrected chi connectivity index (χ2v) is 14.2. The van der Waals surface area contributed by atoms with E-state index in [0.717, 1.165) is 96.3 Å². The van der Waals surface area contributed by atoms with Crippen LogP contribution in [0.3, 0.4) is 0 Å². The number of unbranched alkanes of at least 4 members (excludes halogenated alkanes) is 15. The van der Waals surface area contributed by atoms with E-state index in [4.69, 9.17) is 14.2 Å². The van der Waals surface area contributed by atoms with Gasteiger partial charge in [0, 0.05) is 19.3 Å². The maximum Gasteiger partial charge on any atom is 0.306 e. The molecule has 0 aliphatic carbocycles. The number of carbonyl (C=O) groups excluding carboxylic acids is 3. The Morgan fingerprint density at radius 3 is 1.13 bits per heavy atom. The summed E-state index contributed by atoms with van der Waals surface area (Å²) in [6.07, 6.45) is 51.9. The molecule has 308 valence electrons. The second-order valence-electron chi connectivity index (χ2n) is 14.2. The summed E-state index contributed by atoms with van der Waals surface area (Å²) in [5.41, 5.74) is 0. The lowest BCUT2D eigenvalue weighted by atomic mass is 10.1. The monoisotopic (exact) mass is 753 g/mol. The fourth-order valence-corrected chi connectivity index (χ4v) is 5.68. The van der Waals surface area contributed by atoms with E-state index in [1.807, 2.05) is 0 Å². The van der Waals surface area contributed by atoms with Crippen LogP contribution in [-0.4, -0.2) is 37.2 Å². The molecule has 0 bridgehead atoms. The summed E-state index contributed by atoms with van der Waals surface area (Å²) < 4.78 is 16.5. The van der Waals surface area contributed by atoms with E-state index in [1.54, 1.807) is 0 Å². The van der Waals surface area contributed by atoms with Crippen LogP contribution in [0.2, 0.25) is 0 Å². The molecule has 0 rings (SSSR count). The van der Waals surface area contributed by atoms with Crippen LogP contribution in [0.5, 0.6) is 0 Å². The molecule has 0 heterocycles. The molecular weight excluding hydrogens is 673 g/mol. The van der Waals surface area contributed by atoms with Crippen molar-refractivity contribution in [2.45, 2.75) is 200 Å². The van der Waals surface area contributed by atoms with Gasteiger partial charge in [-0.3, -0.25) is 14.4 Å². The number of ether oxygens (including phenoxy) is 3. The lowest BCUT2D eigenvalue weighted by molar-refractivity contribution is -0.167. The van der Waals surface area contributed by atoms with Crippen LogP contribution in [0.25, 0.3) is 0 Å². The average molecular weight is 753 g/mol. The third-order valence-corrected chi connectivity index (χ3v) is 8.98. The van der Waals surface area contributed by atoms with Crippen molar-refractivity contribution >= 4 is 17.9 Å². The standard InChI is InChI=1S/C48H80O6/c1-4-7-10-13-16-18-19-20-21-22-23-24-25-26-27-28-29-30-33-35-38-41-47(50)53-44-45(43-52-46(49)40-37-34-31-15-12-9-6-3)54-48(51)42-39-36-32-17-14-11-8-5-2/h7,10,16,18,20-21,23-24,26-27,29-30,45H,4-6,8-9,11-15,17,19,22,25,28,31-44H2,1-3H3/b10-7-,18-16-,21-20-,24-23-,27-26-,30-29-. The minimum Gasteiger partial charge on any atom is -0.462 e. The van der Waals surface area contributed by atoms with Gasteiger partial charge in [-0.1, -0.05) is 177 Å². The molecule has 0 amide bonds. The highest BCUT2D eigenvalue weighted by Gasteiger charge is 2.19. The number of hydrogen-bond donors (Lipinski definition) is 0. The third kappa shape index (κ3) is 40.0. The quantitative estimate of drug-likeness (QED) is 0.0270. The Morgan fingerprint density at radius 1 is 0.389 bits per heavy atom. The predicted molar refractivity (Wildman–Crippen MR) is 228 cm³/mol. The first-order valence-corrected chi connectivity index (χ1v) is 21.9. The van der Waals surface area contributed by atoms with E-state index >= 15 is 0 Å². The summed E-state index contributed by atoms with van der Waals surface area (Å²) in [6.45, 7) is 6.38. The van der Waals surface area contributed by atoms with Crippen molar-refractivity contribution in [3.8, 4) is 0 Å². The minimum absolute atomic E-state index is 0.0888. The average Bonchev–Trinajstić information content (AvgIpc) is 3.17. The zero-order valence-electron chi connectivity index (χ0n) is 35.0. The second kappa shape index (κ2) is 42.6. The molecular formula is C48H80O6. The van der Waals surface area contributed by atoms with Gasteiger partial charge in [0.05, 0.1) is 0 Å². The molecule has 1 unspecified atom stereocenters. The zero-order chi connectivity index (χ0) is 39.4. The minimum atomic E-state index is -0.785. The molecule has 0 spiro atoms. The van der Waals surface area contributed by atoms with E-state index in [0.29, 0.717) is 19.3 Å². The molecule has 0 aliphatic heterocycles. The van der Waals surface area contributed by atoms with Crippen molar-refractivity contribution in [2.75, 3.05) is 13.2 Å². The fourth-order valence-electron chi connectivity index (χ4n) is 5.68. The summed E-state index contributed by atoms with van der Waals surface area (Å²) in [5, 5.41) is 0. The highest BCUT2D eigenvalue weighted by molar-refractivity contribution is 5.71. The van der Waals surface area contributed by atoms with E-state index in [1.165, 1.54) is 57.8 Å². The van der Waals surface area contributed by atoms with Crippen LogP contribution in [-0.2, 0) is 28.6 Å². The first-order chi connectivity index (χ1) is 26.5. The Hall–Kier alpha value is -3.15.